The molecule has 0 saturated heterocycles. The summed E-state index contributed by atoms with van der Waals surface area (Å²) in [5, 5.41) is 7.10. The van der Waals surface area contributed by atoms with E-state index in [1.807, 2.05) is 19.1 Å². The van der Waals surface area contributed by atoms with Crippen molar-refractivity contribution in [3.05, 3.63) is 53.1 Å². The van der Waals surface area contributed by atoms with Crippen LogP contribution in [0, 0.1) is 6.92 Å². The van der Waals surface area contributed by atoms with Crippen molar-refractivity contribution in [1.82, 2.24) is 4.72 Å². The molecule has 0 aliphatic heterocycles. The van der Waals surface area contributed by atoms with Crippen molar-refractivity contribution < 1.29 is 8.42 Å². The molecule has 2 rings (SSSR count). The summed E-state index contributed by atoms with van der Waals surface area (Å²) in [4.78, 5) is 0.190. The van der Waals surface area contributed by atoms with E-state index in [1.54, 1.807) is 18.2 Å². The zero-order valence-electron chi connectivity index (χ0n) is 12.6. The number of halogens is 1. The molecule has 8 heteroatoms. The van der Waals surface area contributed by atoms with E-state index in [-0.39, 0.29) is 4.90 Å². The highest BCUT2D eigenvalue weighted by Gasteiger charge is 2.10. The minimum Gasteiger partial charge on any atom is -0.332 e. The van der Waals surface area contributed by atoms with E-state index >= 15 is 0 Å². The molecule has 0 bridgehead atoms. The minimum absolute atomic E-state index is 0.190. The number of rotatable bonds is 4. The van der Waals surface area contributed by atoms with E-state index in [0.29, 0.717) is 15.8 Å². The zero-order valence-corrected chi connectivity index (χ0v) is 14.9. The van der Waals surface area contributed by atoms with Crippen molar-refractivity contribution in [2.24, 2.45) is 0 Å². The van der Waals surface area contributed by atoms with Gasteiger partial charge in [-0.2, -0.15) is 0 Å². The number of hydrogen-bond acceptors (Lipinski definition) is 3. The first-order chi connectivity index (χ1) is 10.8. The molecule has 0 fully saturated rings. The quantitative estimate of drug-likeness (QED) is 0.721. The predicted molar refractivity (Wildman–Crippen MR) is 98.7 cm³/mol. The summed E-state index contributed by atoms with van der Waals surface area (Å²) in [6, 6.07) is 11.8. The smallest absolute Gasteiger partial charge is 0.240 e. The van der Waals surface area contributed by atoms with Crippen LogP contribution in [0.5, 0.6) is 0 Å². The number of hydrogen-bond donors (Lipinski definition) is 3. The lowest BCUT2D eigenvalue weighted by Crippen LogP contribution is -2.20. The molecule has 0 spiro atoms. The Morgan fingerprint density at radius 3 is 2.35 bits per heavy atom. The van der Waals surface area contributed by atoms with Crippen molar-refractivity contribution in [2.75, 3.05) is 17.7 Å². The summed E-state index contributed by atoms with van der Waals surface area (Å²) in [5.41, 5.74) is 2.38. The van der Waals surface area contributed by atoms with Gasteiger partial charge in [-0.25, -0.2) is 13.1 Å². The molecular weight excluding hydrogens is 354 g/mol. The maximum absolute atomic E-state index is 11.7. The Labute approximate surface area is 146 Å². The van der Waals surface area contributed by atoms with Gasteiger partial charge in [-0.3, -0.25) is 0 Å². The standard InChI is InChI=1S/C15H16ClN3O2S2/c1-10-13(16)4-3-5-14(10)19-15(22)18-11-6-8-12(9-7-11)23(20,21)17-2/h3-9,17H,1-2H3,(H2,18,19,22). The molecular formula is C15H16ClN3O2S2. The van der Waals surface area contributed by atoms with Gasteiger partial charge in [-0.05, 0) is 68.2 Å². The molecule has 0 radical (unpaired) electrons. The molecule has 5 nitrogen and oxygen atoms in total. The average Bonchev–Trinajstić information content (AvgIpc) is 2.52. The Balaban J connectivity index is 2.07. The molecule has 2 aromatic rings. The lowest BCUT2D eigenvalue weighted by atomic mass is 10.2. The summed E-state index contributed by atoms with van der Waals surface area (Å²) in [5.74, 6) is 0. The van der Waals surface area contributed by atoms with Gasteiger partial charge in [0.15, 0.2) is 5.11 Å². The highest BCUT2D eigenvalue weighted by Crippen LogP contribution is 2.23. The van der Waals surface area contributed by atoms with Crippen LogP contribution >= 0.6 is 23.8 Å². The SMILES string of the molecule is CNS(=O)(=O)c1ccc(NC(=S)Nc2cccc(Cl)c2C)cc1. The largest absolute Gasteiger partial charge is 0.332 e. The van der Waals surface area contributed by atoms with E-state index in [0.717, 1.165) is 11.3 Å². The van der Waals surface area contributed by atoms with Crippen LogP contribution in [0.2, 0.25) is 5.02 Å². The summed E-state index contributed by atoms with van der Waals surface area (Å²) < 4.78 is 25.6. The normalized spacial score (nSPS) is 11.1. The Morgan fingerprint density at radius 1 is 1.09 bits per heavy atom. The van der Waals surface area contributed by atoms with Crippen LogP contribution in [0.3, 0.4) is 0 Å². The Hall–Kier alpha value is -1.67. The fourth-order valence-corrected chi connectivity index (χ4v) is 3.00. The van der Waals surface area contributed by atoms with Crippen molar-refractivity contribution in [3.8, 4) is 0 Å². The first-order valence-electron chi connectivity index (χ1n) is 6.70. The molecule has 3 N–H and O–H groups in total. The average molecular weight is 370 g/mol. The van der Waals surface area contributed by atoms with Crippen molar-refractivity contribution in [3.63, 3.8) is 0 Å². The van der Waals surface area contributed by atoms with E-state index < -0.39 is 10.0 Å². The molecule has 0 aliphatic carbocycles. The van der Waals surface area contributed by atoms with E-state index in [2.05, 4.69) is 15.4 Å². The number of anilines is 2. The first kappa shape index (κ1) is 17.7. The van der Waals surface area contributed by atoms with Crippen LogP contribution in [0.15, 0.2) is 47.4 Å². The Bertz CT molecular complexity index is 821. The maximum Gasteiger partial charge on any atom is 0.240 e. The molecule has 0 atom stereocenters. The summed E-state index contributed by atoms with van der Waals surface area (Å²) in [7, 11) is -2.07. The monoisotopic (exact) mass is 369 g/mol. The molecule has 0 heterocycles. The number of nitrogens with one attached hydrogen (secondary N) is 3. The summed E-state index contributed by atoms with van der Waals surface area (Å²) >= 11 is 11.3. The fraction of sp³-hybridized carbons (Fsp3) is 0.133. The van der Waals surface area contributed by atoms with E-state index in [4.69, 9.17) is 23.8 Å². The second-order valence-corrected chi connectivity index (χ2v) is 7.43. The third kappa shape index (κ3) is 4.42. The molecule has 0 amide bonds. The van der Waals surface area contributed by atoms with Gasteiger partial charge >= 0.3 is 0 Å². The molecule has 0 unspecified atom stereocenters. The van der Waals surface area contributed by atoms with Crippen molar-refractivity contribution >= 4 is 50.3 Å². The summed E-state index contributed by atoms with van der Waals surface area (Å²) in [6.45, 7) is 1.89. The van der Waals surface area contributed by atoms with Crippen molar-refractivity contribution in [1.29, 1.82) is 0 Å². The van der Waals surface area contributed by atoms with Gasteiger partial charge in [0, 0.05) is 16.4 Å². The van der Waals surface area contributed by atoms with Crippen LogP contribution < -0.4 is 15.4 Å². The van der Waals surface area contributed by atoms with Gasteiger partial charge in [0.1, 0.15) is 0 Å². The zero-order chi connectivity index (χ0) is 17.0. The second kappa shape index (κ2) is 7.27. The first-order valence-corrected chi connectivity index (χ1v) is 8.97. The highest BCUT2D eigenvalue weighted by molar-refractivity contribution is 7.89. The molecule has 2 aromatic carbocycles. The van der Waals surface area contributed by atoms with Crippen LogP contribution in [-0.2, 0) is 10.0 Å². The minimum atomic E-state index is -3.44. The van der Waals surface area contributed by atoms with Gasteiger partial charge in [0.25, 0.3) is 0 Å². The van der Waals surface area contributed by atoms with Crippen LogP contribution in [0.4, 0.5) is 11.4 Å². The van der Waals surface area contributed by atoms with Crippen LogP contribution in [0.25, 0.3) is 0 Å². The third-order valence-corrected chi connectivity index (χ3v) is 5.25. The van der Waals surface area contributed by atoms with E-state index in [1.165, 1.54) is 19.2 Å². The molecule has 0 aromatic heterocycles. The van der Waals surface area contributed by atoms with Gasteiger partial charge < -0.3 is 10.6 Å². The third-order valence-electron chi connectivity index (χ3n) is 3.21. The second-order valence-electron chi connectivity index (χ2n) is 4.72. The lowest BCUT2D eigenvalue weighted by Gasteiger charge is -2.13. The summed E-state index contributed by atoms with van der Waals surface area (Å²) in [6.07, 6.45) is 0. The fourth-order valence-electron chi connectivity index (χ4n) is 1.86. The van der Waals surface area contributed by atoms with Crippen LogP contribution in [0.1, 0.15) is 5.56 Å². The predicted octanol–water partition coefficient (Wildman–Crippen LogP) is 3.37. The molecule has 0 saturated carbocycles. The lowest BCUT2D eigenvalue weighted by molar-refractivity contribution is 0.588. The molecule has 23 heavy (non-hydrogen) atoms. The van der Waals surface area contributed by atoms with Crippen molar-refractivity contribution in [2.45, 2.75) is 11.8 Å². The van der Waals surface area contributed by atoms with Gasteiger partial charge in [-0.15, -0.1) is 0 Å². The van der Waals surface area contributed by atoms with Crippen LogP contribution in [-0.4, -0.2) is 20.6 Å². The number of benzene rings is 2. The van der Waals surface area contributed by atoms with Gasteiger partial charge in [-0.1, -0.05) is 17.7 Å². The number of sulfonamides is 1. The molecule has 0 aliphatic rings. The Morgan fingerprint density at radius 2 is 1.74 bits per heavy atom. The van der Waals surface area contributed by atoms with Gasteiger partial charge in [0.05, 0.1) is 4.90 Å². The maximum atomic E-state index is 11.7. The topological polar surface area (TPSA) is 70.2 Å². The van der Waals surface area contributed by atoms with E-state index in [9.17, 15) is 8.42 Å². The highest BCUT2D eigenvalue weighted by atomic mass is 35.5. The number of thiocarbonyl (C=S) groups is 1. The van der Waals surface area contributed by atoms with Gasteiger partial charge in [0.2, 0.25) is 10.0 Å². The molecule has 122 valence electrons. The Kier molecular flexibility index (Phi) is 5.59.